The Morgan fingerprint density at radius 2 is 1.62 bits per heavy atom. The van der Waals surface area contributed by atoms with E-state index in [0.717, 1.165) is 0 Å². The van der Waals surface area contributed by atoms with Gasteiger partial charge in [0.25, 0.3) is 0 Å². The topological polar surface area (TPSA) is 21.9 Å². The second-order valence-electron chi connectivity index (χ2n) is 3.23. The van der Waals surface area contributed by atoms with Crippen molar-refractivity contribution in [1.82, 2.24) is 5.32 Å². The van der Waals surface area contributed by atoms with E-state index in [2.05, 4.69) is 47.8 Å². The van der Waals surface area contributed by atoms with Crippen LogP contribution >= 0.6 is 0 Å². The molecule has 1 N–H and O–H groups in total. The van der Waals surface area contributed by atoms with Gasteiger partial charge in [-0.3, -0.25) is 0 Å². The van der Waals surface area contributed by atoms with Crippen molar-refractivity contribution in [3.63, 3.8) is 0 Å². The SMILES string of the molecule is C1=C(c2cccc3ccccc23)N1. The zero-order valence-corrected chi connectivity index (χ0v) is 7.12. The molecule has 0 aliphatic carbocycles. The molecule has 3 rings (SSSR count). The zero-order chi connectivity index (χ0) is 8.67. The summed E-state index contributed by atoms with van der Waals surface area (Å²) in [4.78, 5) is 0. The molecule has 62 valence electrons. The molecule has 0 spiro atoms. The van der Waals surface area contributed by atoms with Gasteiger partial charge >= 0.3 is 0 Å². The van der Waals surface area contributed by atoms with Gasteiger partial charge in [-0.1, -0.05) is 42.5 Å². The van der Waals surface area contributed by atoms with E-state index in [4.69, 9.17) is 0 Å². The Labute approximate surface area is 76.7 Å². The van der Waals surface area contributed by atoms with Crippen LogP contribution in [0.2, 0.25) is 0 Å². The first kappa shape index (κ1) is 6.72. The van der Waals surface area contributed by atoms with Crippen LogP contribution in [0.4, 0.5) is 0 Å². The van der Waals surface area contributed by atoms with Gasteiger partial charge in [0.15, 0.2) is 0 Å². The van der Waals surface area contributed by atoms with Gasteiger partial charge in [-0.2, -0.15) is 0 Å². The molecule has 0 amide bonds. The highest BCUT2D eigenvalue weighted by molar-refractivity contribution is 5.96. The van der Waals surface area contributed by atoms with Crippen molar-refractivity contribution in [2.45, 2.75) is 0 Å². The molecule has 0 saturated carbocycles. The predicted octanol–water partition coefficient (Wildman–Crippen LogP) is 2.74. The Balaban J connectivity index is 2.39. The van der Waals surface area contributed by atoms with E-state index in [1.165, 1.54) is 22.0 Å². The van der Waals surface area contributed by atoms with Crippen molar-refractivity contribution in [2.24, 2.45) is 0 Å². The van der Waals surface area contributed by atoms with Crippen LogP contribution in [-0.4, -0.2) is 0 Å². The Kier molecular flexibility index (Phi) is 1.22. The van der Waals surface area contributed by atoms with Gasteiger partial charge in [0.1, 0.15) is 0 Å². The molecule has 1 aliphatic rings. The number of hydrogen-bond acceptors (Lipinski definition) is 1. The molecule has 0 bridgehead atoms. The van der Waals surface area contributed by atoms with Crippen LogP contribution in [0.3, 0.4) is 0 Å². The molecule has 13 heavy (non-hydrogen) atoms. The normalized spacial score (nSPS) is 13.7. The van der Waals surface area contributed by atoms with Crippen molar-refractivity contribution in [3.8, 4) is 0 Å². The third-order valence-corrected chi connectivity index (χ3v) is 2.37. The highest BCUT2D eigenvalue weighted by Gasteiger charge is 2.11. The van der Waals surface area contributed by atoms with E-state index in [-0.39, 0.29) is 0 Å². The van der Waals surface area contributed by atoms with Crippen molar-refractivity contribution in [2.75, 3.05) is 0 Å². The zero-order valence-electron chi connectivity index (χ0n) is 7.12. The van der Waals surface area contributed by atoms with Crippen molar-refractivity contribution >= 4 is 16.5 Å². The molecule has 2 aromatic carbocycles. The largest absolute Gasteiger partial charge is 0.358 e. The van der Waals surface area contributed by atoms with Crippen LogP contribution in [0.15, 0.2) is 48.7 Å². The molecule has 1 heteroatoms. The first-order chi connectivity index (χ1) is 6.45. The van der Waals surface area contributed by atoms with E-state index in [0.29, 0.717) is 0 Å². The maximum Gasteiger partial charge on any atom is 0.0623 e. The molecule has 0 radical (unpaired) electrons. The fourth-order valence-corrected chi connectivity index (χ4v) is 1.65. The lowest BCUT2D eigenvalue weighted by Crippen LogP contribution is -1.83. The van der Waals surface area contributed by atoms with E-state index in [1.807, 2.05) is 6.20 Å². The van der Waals surface area contributed by atoms with Gasteiger partial charge in [-0.25, -0.2) is 0 Å². The molecule has 1 heterocycles. The molecule has 0 aromatic heterocycles. The monoisotopic (exact) mass is 167 g/mol. The van der Waals surface area contributed by atoms with Crippen molar-refractivity contribution < 1.29 is 0 Å². The highest BCUT2D eigenvalue weighted by atomic mass is 15.0. The maximum atomic E-state index is 3.13. The number of nitrogens with one attached hydrogen (secondary N) is 1. The van der Waals surface area contributed by atoms with Crippen LogP contribution in [0, 0.1) is 0 Å². The lowest BCUT2D eigenvalue weighted by Gasteiger charge is -2.01. The van der Waals surface area contributed by atoms with E-state index < -0.39 is 0 Å². The summed E-state index contributed by atoms with van der Waals surface area (Å²) in [6.07, 6.45) is 2.03. The summed E-state index contributed by atoms with van der Waals surface area (Å²) in [5.74, 6) is 0. The molecule has 0 fully saturated rings. The molecule has 0 unspecified atom stereocenters. The molecule has 1 nitrogen and oxygen atoms in total. The number of rotatable bonds is 1. The van der Waals surface area contributed by atoms with Crippen LogP contribution in [-0.2, 0) is 0 Å². The minimum atomic E-state index is 1.25. The summed E-state index contributed by atoms with van der Waals surface area (Å²) in [6, 6.07) is 14.8. The fraction of sp³-hybridized carbons (Fsp3) is 0. The minimum absolute atomic E-state index is 1.25. The molecular formula is C12H9N. The Morgan fingerprint density at radius 3 is 2.46 bits per heavy atom. The Hall–Kier alpha value is -1.76. The summed E-state index contributed by atoms with van der Waals surface area (Å²) in [5.41, 5.74) is 2.55. The number of fused-ring (bicyclic) bond motifs is 1. The molecule has 1 aliphatic heterocycles. The third-order valence-electron chi connectivity index (χ3n) is 2.37. The van der Waals surface area contributed by atoms with Crippen LogP contribution < -0.4 is 5.32 Å². The second kappa shape index (κ2) is 2.36. The third kappa shape index (κ3) is 1.01. The quantitative estimate of drug-likeness (QED) is 0.693. The van der Waals surface area contributed by atoms with Gasteiger partial charge in [-0.15, -0.1) is 0 Å². The first-order valence-electron chi connectivity index (χ1n) is 4.40. The van der Waals surface area contributed by atoms with Gasteiger partial charge in [0.05, 0.1) is 5.70 Å². The van der Waals surface area contributed by atoms with Crippen LogP contribution in [0.1, 0.15) is 5.56 Å². The Bertz CT molecular complexity index is 492. The highest BCUT2D eigenvalue weighted by Crippen LogP contribution is 2.27. The van der Waals surface area contributed by atoms with Crippen molar-refractivity contribution in [3.05, 3.63) is 54.2 Å². The van der Waals surface area contributed by atoms with Crippen LogP contribution in [0.25, 0.3) is 16.5 Å². The van der Waals surface area contributed by atoms with Gasteiger partial charge in [0, 0.05) is 11.8 Å². The molecule has 2 aromatic rings. The standard InChI is InChI=1S/C12H9N/c1-2-6-10-9(4-1)5-3-7-11(10)12-8-13-12/h1-8,13H. The fourth-order valence-electron chi connectivity index (χ4n) is 1.65. The van der Waals surface area contributed by atoms with Gasteiger partial charge < -0.3 is 5.32 Å². The Morgan fingerprint density at radius 1 is 0.846 bits per heavy atom. The molecule has 0 atom stereocenters. The summed E-state index contributed by atoms with van der Waals surface area (Å²) in [6.45, 7) is 0. The summed E-state index contributed by atoms with van der Waals surface area (Å²) in [5, 5.41) is 5.76. The summed E-state index contributed by atoms with van der Waals surface area (Å²) in [7, 11) is 0. The van der Waals surface area contributed by atoms with Gasteiger partial charge in [0.2, 0.25) is 0 Å². The minimum Gasteiger partial charge on any atom is -0.358 e. The predicted molar refractivity (Wildman–Crippen MR) is 55.1 cm³/mol. The summed E-state index contributed by atoms with van der Waals surface area (Å²) >= 11 is 0. The van der Waals surface area contributed by atoms with Gasteiger partial charge in [-0.05, 0) is 10.8 Å². The number of hydrogen-bond donors (Lipinski definition) is 1. The average molecular weight is 167 g/mol. The molecule has 0 saturated heterocycles. The van der Waals surface area contributed by atoms with E-state index in [1.54, 1.807) is 0 Å². The smallest absolute Gasteiger partial charge is 0.0623 e. The lowest BCUT2D eigenvalue weighted by atomic mass is 10.0. The van der Waals surface area contributed by atoms with Crippen LogP contribution in [0.5, 0.6) is 0 Å². The maximum absolute atomic E-state index is 3.13. The van der Waals surface area contributed by atoms with E-state index in [9.17, 15) is 0 Å². The first-order valence-corrected chi connectivity index (χ1v) is 4.40. The van der Waals surface area contributed by atoms with Crippen molar-refractivity contribution in [1.29, 1.82) is 0 Å². The lowest BCUT2D eigenvalue weighted by molar-refractivity contribution is 1.45. The second-order valence-corrected chi connectivity index (χ2v) is 3.23. The number of benzene rings is 2. The average Bonchev–Trinajstić information content (AvgIpc) is 3.00. The molecular weight excluding hydrogens is 158 g/mol. The van der Waals surface area contributed by atoms with E-state index >= 15 is 0 Å². The summed E-state index contributed by atoms with van der Waals surface area (Å²) < 4.78 is 0.